The first kappa shape index (κ1) is 16.1. The molecule has 1 N–H and O–H groups in total. The van der Waals surface area contributed by atoms with E-state index in [0.717, 1.165) is 10.9 Å². The maximum absolute atomic E-state index is 11.9. The van der Waals surface area contributed by atoms with Crippen molar-refractivity contribution in [1.29, 1.82) is 0 Å². The lowest BCUT2D eigenvalue weighted by Gasteiger charge is -2.09. The normalized spacial score (nSPS) is 10.6. The molecular weight excluding hydrogens is 330 g/mol. The van der Waals surface area contributed by atoms with Gasteiger partial charge in [0, 0.05) is 22.2 Å². The Morgan fingerprint density at radius 2 is 2.04 bits per heavy atom. The Bertz CT molecular complexity index is 965. The predicted octanol–water partition coefficient (Wildman–Crippen LogP) is 3.77. The number of ether oxygens (including phenoxy) is 1. The largest absolute Gasteiger partial charge is 0.484 e. The van der Waals surface area contributed by atoms with Gasteiger partial charge in [-0.25, -0.2) is 4.79 Å². The summed E-state index contributed by atoms with van der Waals surface area (Å²) in [5.74, 6) is 0.217. The zero-order chi connectivity index (χ0) is 17.1. The van der Waals surface area contributed by atoms with Gasteiger partial charge in [-0.05, 0) is 48.9 Å². The van der Waals surface area contributed by atoms with Crippen molar-refractivity contribution in [3.63, 3.8) is 0 Å². The van der Waals surface area contributed by atoms with Crippen LogP contribution in [0.2, 0.25) is 5.02 Å². The van der Waals surface area contributed by atoms with Crippen LogP contribution < -0.4 is 15.7 Å². The summed E-state index contributed by atoms with van der Waals surface area (Å²) in [6.07, 6.45) is 0. The topological polar surface area (TPSA) is 68.5 Å². The van der Waals surface area contributed by atoms with Crippen LogP contribution in [0.25, 0.3) is 11.0 Å². The first-order valence-corrected chi connectivity index (χ1v) is 7.62. The van der Waals surface area contributed by atoms with Crippen molar-refractivity contribution < 1.29 is 13.9 Å². The molecule has 0 aliphatic heterocycles. The first-order valence-electron chi connectivity index (χ1n) is 7.24. The van der Waals surface area contributed by atoms with Crippen LogP contribution in [-0.2, 0) is 4.79 Å². The maximum atomic E-state index is 11.9. The van der Waals surface area contributed by atoms with Crippen LogP contribution in [0, 0.1) is 6.92 Å². The van der Waals surface area contributed by atoms with Crippen molar-refractivity contribution in [2.75, 3.05) is 11.9 Å². The molecule has 24 heavy (non-hydrogen) atoms. The number of carbonyl (C=O) groups excluding carboxylic acids is 1. The minimum Gasteiger partial charge on any atom is -0.484 e. The lowest BCUT2D eigenvalue weighted by atomic mass is 10.1. The van der Waals surface area contributed by atoms with Gasteiger partial charge in [-0.1, -0.05) is 17.7 Å². The highest BCUT2D eigenvalue weighted by Gasteiger charge is 2.07. The van der Waals surface area contributed by atoms with Gasteiger partial charge in [0.1, 0.15) is 11.3 Å². The van der Waals surface area contributed by atoms with Crippen molar-refractivity contribution >= 4 is 34.2 Å². The zero-order valence-electron chi connectivity index (χ0n) is 12.8. The second kappa shape index (κ2) is 6.76. The summed E-state index contributed by atoms with van der Waals surface area (Å²) in [4.78, 5) is 23.3. The van der Waals surface area contributed by atoms with Gasteiger partial charge in [0.15, 0.2) is 6.61 Å². The number of hydrogen-bond donors (Lipinski definition) is 1. The van der Waals surface area contributed by atoms with Crippen LogP contribution in [0.4, 0.5) is 5.69 Å². The Hall–Kier alpha value is -2.79. The van der Waals surface area contributed by atoms with Crippen LogP contribution in [0.3, 0.4) is 0 Å². The van der Waals surface area contributed by atoms with Crippen LogP contribution in [0.1, 0.15) is 5.56 Å². The number of hydrogen-bond acceptors (Lipinski definition) is 4. The Balaban J connectivity index is 1.69. The summed E-state index contributed by atoms with van der Waals surface area (Å²) in [5, 5.41) is 4.01. The molecule has 122 valence electrons. The monoisotopic (exact) mass is 343 g/mol. The fourth-order valence-electron chi connectivity index (χ4n) is 2.30. The number of aryl methyl sites for hydroxylation is 1. The summed E-state index contributed by atoms with van der Waals surface area (Å²) in [6, 6.07) is 13.3. The second-order valence-corrected chi connectivity index (χ2v) is 5.69. The molecule has 0 saturated heterocycles. The lowest BCUT2D eigenvalue weighted by molar-refractivity contribution is -0.118. The van der Waals surface area contributed by atoms with Gasteiger partial charge in [0.2, 0.25) is 0 Å². The number of anilines is 1. The molecular formula is C18H14ClNO4. The van der Waals surface area contributed by atoms with Gasteiger partial charge >= 0.3 is 5.63 Å². The Kier molecular flexibility index (Phi) is 4.53. The molecule has 0 fully saturated rings. The third-order valence-electron chi connectivity index (χ3n) is 3.40. The second-order valence-electron chi connectivity index (χ2n) is 5.25. The van der Waals surface area contributed by atoms with Gasteiger partial charge in [-0.3, -0.25) is 4.79 Å². The van der Waals surface area contributed by atoms with Crippen LogP contribution >= 0.6 is 11.6 Å². The van der Waals surface area contributed by atoms with Gasteiger partial charge in [0.25, 0.3) is 5.91 Å². The minimum absolute atomic E-state index is 0.145. The van der Waals surface area contributed by atoms with E-state index < -0.39 is 5.63 Å². The molecule has 1 heterocycles. The zero-order valence-corrected chi connectivity index (χ0v) is 13.6. The first-order chi connectivity index (χ1) is 11.5. The van der Waals surface area contributed by atoms with Crippen molar-refractivity contribution in [2.45, 2.75) is 6.92 Å². The fourth-order valence-corrected chi connectivity index (χ4v) is 2.49. The van der Waals surface area contributed by atoms with Crippen molar-refractivity contribution in [3.05, 3.63) is 69.5 Å². The van der Waals surface area contributed by atoms with Gasteiger partial charge in [-0.15, -0.1) is 0 Å². The third-order valence-corrected chi connectivity index (χ3v) is 3.63. The molecule has 5 nitrogen and oxygen atoms in total. The Morgan fingerprint density at radius 1 is 1.21 bits per heavy atom. The van der Waals surface area contributed by atoms with Crippen molar-refractivity contribution in [3.8, 4) is 5.75 Å². The Morgan fingerprint density at radius 3 is 2.83 bits per heavy atom. The van der Waals surface area contributed by atoms with Gasteiger partial charge in [-0.2, -0.15) is 0 Å². The van der Waals surface area contributed by atoms with E-state index in [-0.39, 0.29) is 12.5 Å². The number of nitrogens with one attached hydrogen (secondary N) is 1. The van der Waals surface area contributed by atoms with Crippen LogP contribution in [-0.4, -0.2) is 12.5 Å². The lowest BCUT2D eigenvalue weighted by Crippen LogP contribution is -2.20. The average Bonchev–Trinajstić information content (AvgIpc) is 2.53. The van der Waals surface area contributed by atoms with E-state index in [2.05, 4.69) is 5.32 Å². The number of carbonyl (C=O) groups is 1. The smallest absolute Gasteiger partial charge is 0.336 e. The summed E-state index contributed by atoms with van der Waals surface area (Å²) in [6.45, 7) is 1.67. The molecule has 0 spiro atoms. The maximum Gasteiger partial charge on any atom is 0.336 e. The molecule has 6 heteroatoms. The molecule has 0 unspecified atom stereocenters. The number of halogens is 1. The Labute approximate surface area is 142 Å². The van der Waals surface area contributed by atoms with Crippen molar-refractivity contribution in [1.82, 2.24) is 0 Å². The molecule has 0 aliphatic carbocycles. The molecule has 0 atom stereocenters. The van der Waals surface area contributed by atoms with E-state index in [4.69, 9.17) is 20.8 Å². The highest BCUT2D eigenvalue weighted by Crippen LogP contribution is 2.22. The number of fused-ring (bicyclic) bond motifs is 1. The molecule has 0 saturated carbocycles. The van der Waals surface area contributed by atoms with E-state index >= 15 is 0 Å². The van der Waals surface area contributed by atoms with E-state index in [9.17, 15) is 9.59 Å². The molecule has 0 bridgehead atoms. The van der Waals surface area contributed by atoms with Gasteiger partial charge in [0.05, 0.1) is 0 Å². The molecule has 1 aromatic heterocycles. The third kappa shape index (κ3) is 3.75. The molecule has 0 radical (unpaired) electrons. The number of rotatable bonds is 4. The van der Waals surface area contributed by atoms with Crippen LogP contribution in [0.15, 0.2) is 57.7 Å². The summed E-state index contributed by atoms with van der Waals surface area (Å²) < 4.78 is 10.6. The highest BCUT2D eigenvalue weighted by molar-refractivity contribution is 6.30. The number of benzene rings is 2. The molecule has 2 aromatic carbocycles. The minimum atomic E-state index is -0.394. The summed E-state index contributed by atoms with van der Waals surface area (Å²) in [7, 11) is 0. The van der Waals surface area contributed by atoms with Gasteiger partial charge < -0.3 is 14.5 Å². The quantitative estimate of drug-likeness (QED) is 0.732. The molecule has 0 aliphatic rings. The molecule has 3 rings (SSSR count). The summed E-state index contributed by atoms with van der Waals surface area (Å²) >= 11 is 5.87. The standard InChI is InChI=1S/C18H14ClNO4/c1-11-7-18(22)24-16-6-5-14(9-15(11)16)23-10-17(21)20-13-4-2-3-12(19)8-13/h2-9H,10H2,1H3,(H,20,21). The molecule has 3 aromatic rings. The van der Waals surface area contributed by atoms with E-state index in [1.807, 2.05) is 6.92 Å². The molecule has 1 amide bonds. The SMILES string of the molecule is Cc1cc(=O)oc2ccc(OCC(=O)Nc3cccc(Cl)c3)cc12. The van der Waals surface area contributed by atoms with Crippen molar-refractivity contribution in [2.24, 2.45) is 0 Å². The number of amides is 1. The van der Waals surface area contributed by atoms with E-state index in [1.54, 1.807) is 42.5 Å². The summed E-state index contributed by atoms with van der Waals surface area (Å²) in [5.41, 5.74) is 1.48. The predicted molar refractivity (Wildman–Crippen MR) is 92.8 cm³/mol. The van der Waals surface area contributed by atoms with Crippen LogP contribution in [0.5, 0.6) is 5.75 Å². The van der Waals surface area contributed by atoms with E-state index in [0.29, 0.717) is 22.0 Å². The van der Waals surface area contributed by atoms with E-state index in [1.165, 1.54) is 6.07 Å². The average molecular weight is 344 g/mol. The fraction of sp³-hybridized carbons (Fsp3) is 0.111. The highest BCUT2D eigenvalue weighted by atomic mass is 35.5.